The lowest BCUT2D eigenvalue weighted by Gasteiger charge is -2.24. The summed E-state index contributed by atoms with van der Waals surface area (Å²) in [5, 5.41) is 3.01. The summed E-state index contributed by atoms with van der Waals surface area (Å²) in [6.45, 7) is 4.64. The minimum Gasteiger partial charge on any atom is -0.494 e. The molecule has 1 atom stereocenters. The first-order valence-electron chi connectivity index (χ1n) is 10.5. The maximum Gasteiger partial charge on any atom is 0.146 e. The molecule has 0 saturated heterocycles. The summed E-state index contributed by atoms with van der Waals surface area (Å²) in [5.41, 5.74) is 2.71. The molecule has 0 radical (unpaired) electrons. The summed E-state index contributed by atoms with van der Waals surface area (Å²) in [6, 6.07) is 18.8. The molecule has 0 aliphatic heterocycles. The van der Waals surface area contributed by atoms with Gasteiger partial charge in [-0.25, -0.2) is 8.78 Å². The van der Waals surface area contributed by atoms with Crippen LogP contribution in [0.4, 0.5) is 20.2 Å². The van der Waals surface area contributed by atoms with Crippen LogP contribution in [0, 0.1) is 24.0 Å². The first-order valence-corrected chi connectivity index (χ1v) is 10.5. The highest BCUT2D eigenvalue weighted by Gasteiger charge is 2.23. The largest absolute Gasteiger partial charge is 0.494 e. The number of nitrogens with one attached hydrogen (secondary N) is 1. The van der Waals surface area contributed by atoms with Gasteiger partial charge in [0.15, 0.2) is 0 Å². The van der Waals surface area contributed by atoms with Crippen molar-refractivity contribution >= 4 is 11.4 Å². The van der Waals surface area contributed by atoms with E-state index in [1.165, 1.54) is 18.2 Å². The third kappa shape index (κ3) is 5.86. The number of anilines is 2. The van der Waals surface area contributed by atoms with Gasteiger partial charge < -0.3 is 10.1 Å². The van der Waals surface area contributed by atoms with Crippen molar-refractivity contribution in [2.75, 3.05) is 11.9 Å². The second kappa shape index (κ2) is 10.1. The standard InChI is InChI=1S/C27H27F2NO/c1-4-27(3,21-9-15-24(16-10-21)31-5-2)18-6-7-20-8-17-25(29)26(19-20)30-23-13-11-22(28)12-14-23/h1,8-17,19,30H,5-7,18H2,2-3H3. The molecule has 0 aromatic heterocycles. The number of hydrogen-bond donors (Lipinski definition) is 1. The highest BCUT2D eigenvalue weighted by Crippen LogP contribution is 2.31. The molecule has 1 unspecified atom stereocenters. The molecular formula is C27H27F2NO. The molecule has 31 heavy (non-hydrogen) atoms. The Morgan fingerprint density at radius 1 is 1.00 bits per heavy atom. The number of rotatable bonds is 9. The second-order valence-electron chi connectivity index (χ2n) is 7.73. The van der Waals surface area contributed by atoms with Crippen molar-refractivity contribution in [1.29, 1.82) is 0 Å². The van der Waals surface area contributed by atoms with E-state index in [1.54, 1.807) is 24.3 Å². The molecule has 3 rings (SSSR count). The summed E-state index contributed by atoms with van der Waals surface area (Å²) in [7, 11) is 0. The smallest absolute Gasteiger partial charge is 0.146 e. The quantitative estimate of drug-likeness (QED) is 0.376. The molecule has 1 N–H and O–H groups in total. The van der Waals surface area contributed by atoms with Crippen LogP contribution in [0.15, 0.2) is 66.7 Å². The molecule has 4 heteroatoms. The van der Waals surface area contributed by atoms with Crippen LogP contribution in [0.5, 0.6) is 5.75 Å². The van der Waals surface area contributed by atoms with Gasteiger partial charge in [-0.15, -0.1) is 6.42 Å². The Labute approximate surface area is 183 Å². The Bertz CT molecular complexity index is 1040. The van der Waals surface area contributed by atoms with E-state index in [0.717, 1.165) is 36.1 Å². The van der Waals surface area contributed by atoms with Gasteiger partial charge in [0.2, 0.25) is 0 Å². The van der Waals surface area contributed by atoms with Crippen molar-refractivity contribution in [3.63, 3.8) is 0 Å². The van der Waals surface area contributed by atoms with Gasteiger partial charge in [-0.2, -0.15) is 0 Å². The molecule has 160 valence electrons. The molecule has 0 bridgehead atoms. The third-order valence-electron chi connectivity index (χ3n) is 5.42. The van der Waals surface area contributed by atoms with Gasteiger partial charge in [0.05, 0.1) is 17.7 Å². The van der Waals surface area contributed by atoms with E-state index in [9.17, 15) is 8.78 Å². The normalized spacial score (nSPS) is 12.6. The molecule has 0 spiro atoms. The Morgan fingerprint density at radius 3 is 2.35 bits per heavy atom. The van der Waals surface area contributed by atoms with Gasteiger partial charge in [-0.05, 0) is 92.8 Å². The zero-order chi connectivity index (χ0) is 22.3. The molecule has 2 nitrogen and oxygen atoms in total. The zero-order valence-electron chi connectivity index (χ0n) is 17.9. The van der Waals surface area contributed by atoms with E-state index in [0.29, 0.717) is 18.0 Å². The molecule has 3 aromatic rings. The summed E-state index contributed by atoms with van der Waals surface area (Å²) in [6.07, 6.45) is 8.32. The Kier molecular flexibility index (Phi) is 7.31. The average Bonchev–Trinajstić information content (AvgIpc) is 2.78. The number of aryl methyl sites for hydroxylation is 1. The number of ether oxygens (including phenoxy) is 1. The van der Waals surface area contributed by atoms with Crippen LogP contribution < -0.4 is 10.1 Å². The summed E-state index contributed by atoms with van der Waals surface area (Å²) in [4.78, 5) is 0. The van der Waals surface area contributed by atoms with Crippen LogP contribution in [0.2, 0.25) is 0 Å². The van der Waals surface area contributed by atoms with Crippen LogP contribution in [-0.2, 0) is 11.8 Å². The van der Waals surface area contributed by atoms with Gasteiger partial charge >= 0.3 is 0 Å². The minimum absolute atomic E-state index is 0.330. The van der Waals surface area contributed by atoms with Crippen molar-refractivity contribution in [2.24, 2.45) is 0 Å². The molecule has 0 amide bonds. The van der Waals surface area contributed by atoms with Crippen LogP contribution in [-0.4, -0.2) is 6.61 Å². The maximum absolute atomic E-state index is 14.2. The Hall–Kier alpha value is -3.32. The fourth-order valence-corrected chi connectivity index (χ4v) is 3.54. The lowest BCUT2D eigenvalue weighted by Crippen LogP contribution is -2.19. The molecule has 3 aromatic carbocycles. The first kappa shape index (κ1) is 22.4. The van der Waals surface area contributed by atoms with Crippen molar-refractivity contribution in [1.82, 2.24) is 0 Å². The summed E-state index contributed by atoms with van der Waals surface area (Å²) >= 11 is 0. The van der Waals surface area contributed by atoms with Gasteiger partial charge in [0.25, 0.3) is 0 Å². The Balaban J connectivity index is 1.64. The zero-order valence-corrected chi connectivity index (χ0v) is 17.9. The van der Waals surface area contributed by atoms with Crippen LogP contribution >= 0.6 is 0 Å². The predicted molar refractivity (Wildman–Crippen MR) is 123 cm³/mol. The molecule has 0 saturated carbocycles. The van der Waals surface area contributed by atoms with E-state index in [4.69, 9.17) is 11.2 Å². The SMILES string of the molecule is C#CC(C)(CCCc1ccc(F)c(Nc2ccc(F)cc2)c1)c1ccc(OCC)cc1. The van der Waals surface area contributed by atoms with E-state index in [-0.39, 0.29) is 17.0 Å². The van der Waals surface area contributed by atoms with Crippen LogP contribution in [0.3, 0.4) is 0 Å². The first-order chi connectivity index (χ1) is 14.9. The maximum atomic E-state index is 14.2. The molecule has 0 fully saturated rings. The molecular weight excluding hydrogens is 392 g/mol. The molecule has 0 aliphatic rings. The van der Waals surface area contributed by atoms with Gasteiger partial charge in [-0.1, -0.05) is 24.1 Å². The Morgan fingerprint density at radius 2 is 1.71 bits per heavy atom. The fraction of sp³-hybridized carbons (Fsp3) is 0.259. The predicted octanol–water partition coefficient (Wildman–Crippen LogP) is 7.02. The van der Waals surface area contributed by atoms with Crippen LogP contribution in [0.1, 0.15) is 37.8 Å². The second-order valence-corrected chi connectivity index (χ2v) is 7.73. The van der Waals surface area contributed by atoms with E-state index in [1.807, 2.05) is 31.2 Å². The third-order valence-corrected chi connectivity index (χ3v) is 5.42. The minimum atomic E-state index is -0.389. The van der Waals surface area contributed by atoms with E-state index in [2.05, 4.69) is 18.2 Å². The van der Waals surface area contributed by atoms with Crippen LogP contribution in [0.25, 0.3) is 0 Å². The number of halogens is 2. The highest BCUT2D eigenvalue weighted by atomic mass is 19.1. The number of benzene rings is 3. The topological polar surface area (TPSA) is 21.3 Å². The van der Waals surface area contributed by atoms with Crippen molar-refractivity contribution in [2.45, 2.75) is 38.5 Å². The lowest BCUT2D eigenvalue weighted by molar-refractivity contribution is 0.340. The van der Waals surface area contributed by atoms with Crippen molar-refractivity contribution in [3.05, 3.63) is 89.5 Å². The summed E-state index contributed by atoms with van der Waals surface area (Å²) < 4.78 is 32.8. The fourth-order valence-electron chi connectivity index (χ4n) is 3.54. The van der Waals surface area contributed by atoms with Gasteiger partial charge in [-0.3, -0.25) is 0 Å². The van der Waals surface area contributed by atoms with Crippen molar-refractivity contribution in [3.8, 4) is 18.1 Å². The lowest BCUT2D eigenvalue weighted by atomic mass is 9.78. The van der Waals surface area contributed by atoms with E-state index >= 15 is 0 Å². The number of hydrogen-bond acceptors (Lipinski definition) is 2. The molecule has 0 aliphatic carbocycles. The monoisotopic (exact) mass is 419 g/mol. The van der Waals surface area contributed by atoms with Gasteiger partial charge in [0.1, 0.15) is 17.4 Å². The summed E-state index contributed by atoms with van der Waals surface area (Å²) in [5.74, 6) is 3.10. The van der Waals surface area contributed by atoms with Gasteiger partial charge in [0, 0.05) is 5.69 Å². The van der Waals surface area contributed by atoms with Crippen molar-refractivity contribution < 1.29 is 13.5 Å². The molecule has 0 heterocycles. The van der Waals surface area contributed by atoms with E-state index < -0.39 is 0 Å². The highest BCUT2D eigenvalue weighted by molar-refractivity contribution is 5.60. The average molecular weight is 420 g/mol. The number of terminal acetylenes is 1.